The maximum absolute atomic E-state index is 12.0. The first-order valence-electron chi connectivity index (χ1n) is 7.03. The van der Waals surface area contributed by atoms with Gasteiger partial charge in [0.15, 0.2) is 0 Å². The predicted octanol–water partition coefficient (Wildman–Crippen LogP) is 1.77. The van der Waals surface area contributed by atoms with Gasteiger partial charge in [-0.25, -0.2) is 4.79 Å². The summed E-state index contributed by atoms with van der Waals surface area (Å²) in [6.07, 6.45) is 1.83. The third-order valence-corrected chi connectivity index (χ3v) is 4.60. The predicted molar refractivity (Wildman–Crippen MR) is 81.8 cm³/mol. The van der Waals surface area contributed by atoms with Gasteiger partial charge in [-0.3, -0.25) is 5.10 Å². The number of nitrogens with zero attached hydrogens (tertiary/aromatic N) is 4. The van der Waals surface area contributed by atoms with Crippen molar-refractivity contribution >= 4 is 34.2 Å². The fourth-order valence-electron chi connectivity index (χ4n) is 3.36. The highest BCUT2D eigenvalue weighted by Gasteiger charge is 2.39. The number of carbonyl (C=O) groups is 1. The lowest BCUT2D eigenvalue weighted by Gasteiger charge is -2.38. The number of aromatic nitrogens is 2. The van der Waals surface area contributed by atoms with Crippen LogP contribution in [-0.2, 0) is 0 Å². The normalized spacial score (nSPS) is 22.3. The quantitative estimate of drug-likeness (QED) is 0.873. The van der Waals surface area contributed by atoms with Crippen molar-refractivity contribution in [2.24, 2.45) is 0 Å². The second kappa shape index (κ2) is 4.53. The summed E-state index contributed by atoms with van der Waals surface area (Å²) in [7, 11) is 1.86. The number of fused-ring (bicyclic) bond motifs is 2. The number of piperazine rings is 1. The first kappa shape index (κ1) is 12.8. The number of aromatic amines is 1. The van der Waals surface area contributed by atoms with Crippen LogP contribution in [0.3, 0.4) is 0 Å². The molecule has 0 spiro atoms. The topological polar surface area (TPSA) is 55.5 Å². The van der Waals surface area contributed by atoms with Gasteiger partial charge in [0.1, 0.15) is 0 Å². The summed E-state index contributed by atoms with van der Waals surface area (Å²) in [5.41, 5.74) is 2.03. The number of H-pyrrole nitrogens is 1. The zero-order chi connectivity index (χ0) is 14.6. The molecule has 2 amide bonds. The number of anilines is 1. The van der Waals surface area contributed by atoms with Gasteiger partial charge in [-0.05, 0) is 12.1 Å². The van der Waals surface area contributed by atoms with Gasteiger partial charge in [0.25, 0.3) is 0 Å². The number of hydrogen-bond donors (Lipinski definition) is 1. The standard InChI is InChI=1S/C14H16ClN5O/c1-18-7-10-8-19(2-3-20(10)14(18)21)13-5-9(15)4-12-11(13)6-16-17-12/h4-6,10H,2-3,7-8H2,1H3,(H,16,17). The Bertz CT molecular complexity index is 714. The molecule has 2 aliphatic rings. The van der Waals surface area contributed by atoms with Crippen LogP contribution in [0.2, 0.25) is 5.02 Å². The molecule has 1 aromatic carbocycles. The minimum atomic E-state index is 0.138. The molecule has 21 heavy (non-hydrogen) atoms. The number of halogens is 1. The zero-order valence-electron chi connectivity index (χ0n) is 11.7. The summed E-state index contributed by atoms with van der Waals surface area (Å²) >= 11 is 6.21. The third-order valence-electron chi connectivity index (χ3n) is 4.38. The molecule has 6 nitrogen and oxygen atoms in total. The van der Waals surface area contributed by atoms with Crippen LogP contribution in [0.15, 0.2) is 18.3 Å². The van der Waals surface area contributed by atoms with Crippen molar-refractivity contribution in [3.63, 3.8) is 0 Å². The number of rotatable bonds is 1. The molecule has 7 heteroatoms. The smallest absolute Gasteiger partial charge is 0.320 e. The molecule has 1 unspecified atom stereocenters. The number of carbonyl (C=O) groups excluding carboxylic acids is 1. The average molecular weight is 306 g/mol. The average Bonchev–Trinajstić information content (AvgIpc) is 3.03. The molecule has 2 aromatic rings. The number of nitrogens with one attached hydrogen (secondary N) is 1. The fourth-order valence-corrected chi connectivity index (χ4v) is 3.57. The lowest BCUT2D eigenvalue weighted by atomic mass is 10.1. The van der Waals surface area contributed by atoms with Gasteiger partial charge in [0.2, 0.25) is 0 Å². The minimum absolute atomic E-state index is 0.138. The molecule has 2 aliphatic heterocycles. The number of benzene rings is 1. The monoisotopic (exact) mass is 305 g/mol. The van der Waals surface area contributed by atoms with Gasteiger partial charge >= 0.3 is 6.03 Å². The van der Waals surface area contributed by atoms with E-state index >= 15 is 0 Å². The number of likely N-dealkylation sites (N-methyl/N-ethyl adjacent to an activating group) is 1. The molecule has 4 rings (SSSR count). The Kier molecular flexibility index (Phi) is 2.75. The highest BCUT2D eigenvalue weighted by Crippen LogP contribution is 2.32. The third kappa shape index (κ3) is 1.93. The van der Waals surface area contributed by atoms with E-state index in [0.29, 0.717) is 5.02 Å². The number of urea groups is 1. The van der Waals surface area contributed by atoms with Gasteiger partial charge in [-0.1, -0.05) is 11.6 Å². The molecule has 2 fully saturated rings. The Balaban J connectivity index is 1.68. The summed E-state index contributed by atoms with van der Waals surface area (Å²) in [6, 6.07) is 4.25. The SMILES string of the molecule is CN1CC2CN(c3cc(Cl)cc4[nH]ncc34)CCN2C1=O. The van der Waals surface area contributed by atoms with Crippen molar-refractivity contribution in [2.75, 3.05) is 38.1 Å². The van der Waals surface area contributed by atoms with Crippen LogP contribution in [0.5, 0.6) is 0 Å². The first-order chi connectivity index (χ1) is 10.1. The summed E-state index contributed by atoms with van der Waals surface area (Å²) in [4.78, 5) is 18.1. The summed E-state index contributed by atoms with van der Waals surface area (Å²) in [6.45, 7) is 3.18. The van der Waals surface area contributed by atoms with E-state index in [9.17, 15) is 4.79 Å². The van der Waals surface area contributed by atoms with E-state index in [1.807, 2.05) is 30.3 Å². The van der Waals surface area contributed by atoms with E-state index in [0.717, 1.165) is 42.8 Å². The van der Waals surface area contributed by atoms with E-state index in [4.69, 9.17) is 11.6 Å². The van der Waals surface area contributed by atoms with E-state index in [1.165, 1.54) is 0 Å². The highest BCUT2D eigenvalue weighted by atomic mass is 35.5. The molecule has 0 aliphatic carbocycles. The van der Waals surface area contributed by atoms with Crippen LogP contribution in [-0.4, -0.2) is 65.3 Å². The molecule has 1 aromatic heterocycles. The lowest BCUT2D eigenvalue weighted by molar-refractivity contribution is 0.187. The van der Waals surface area contributed by atoms with Crippen molar-refractivity contribution in [1.82, 2.24) is 20.0 Å². The highest BCUT2D eigenvalue weighted by molar-refractivity contribution is 6.31. The Hall–Kier alpha value is -1.95. The van der Waals surface area contributed by atoms with Crippen molar-refractivity contribution in [1.29, 1.82) is 0 Å². The molecule has 1 atom stereocenters. The van der Waals surface area contributed by atoms with Crippen molar-refractivity contribution in [3.8, 4) is 0 Å². The van der Waals surface area contributed by atoms with Crippen LogP contribution in [0.25, 0.3) is 10.9 Å². The van der Waals surface area contributed by atoms with E-state index < -0.39 is 0 Å². The molecule has 3 heterocycles. The number of amides is 2. The largest absolute Gasteiger partial charge is 0.367 e. The fraction of sp³-hybridized carbons (Fsp3) is 0.429. The van der Waals surface area contributed by atoms with Crippen LogP contribution < -0.4 is 4.90 Å². The second-order valence-corrected chi connectivity index (χ2v) is 6.15. The summed E-state index contributed by atoms with van der Waals surface area (Å²) < 4.78 is 0. The van der Waals surface area contributed by atoms with Gasteiger partial charge in [0.05, 0.1) is 17.8 Å². The van der Waals surface area contributed by atoms with Crippen LogP contribution >= 0.6 is 11.6 Å². The van der Waals surface area contributed by atoms with E-state index in [2.05, 4.69) is 15.1 Å². The van der Waals surface area contributed by atoms with Gasteiger partial charge in [0, 0.05) is 49.3 Å². The zero-order valence-corrected chi connectivity index (χ0v) is 12.5. The van der Waals surface area contributed by atoms with Gasteiger partial charge in [-0.2, -0.15) is 5.10 Å². The summed E-state index contributed by atoms with van der Waals surface area (Å²) in [5, 5.41) is 8.84. The molecule has 110 valence electrons. The number of hydrogen-bond acceptors (Lipinski definition) is 3. The van der Waals surface area contributed by atoms with Crippen molar-refractivity contribution in [3.05, 3.63) is 23.4 Å². The summed E-state index contributed by atoms with van der Waals surface area (Å²) in [5.74, 6) is 0. The second-order valence-electron chi connectivity index (χ2n) is 5.71. The maximum Gasteiger partial charge on any atom is 0.320 e. The first-order valence-corrected chi connectivity index (χ1v) is 7.40. The van der Waals surface area contributed by atoms with Crippen LogP contribution in [0.1, 0.15) is 0 Å². The molecule has 0 radical (unpaired) electrons. The maximum atomic E-state index is 12.0. The molecule has 0 saturated carbocycles. The Morgan fingerprint density at radius 1 is 1.33 bits per heavy atom. The molecular weight excluding hydrogens is 290 g/mol. The lowest BCUT2D eigenvalue weighted by Crippen LogP contribution is -2.52. The minimum Gasteiger partial charge on any atom is -0.367 e. The molecular formula is C14H16ClN5O. The Morgan fingerprint density at radius 2 is 2.19 bits per heavy atom. The molecule has 0 bridgehead atoms. The van der Waals surface area contributed by atoms with Gasteiger partial charge < -0.3 is 14.7 Å². The van der Waals surface area contributed by atoms with Crippen molar-refractivity contribution in [2.45, 2.75) is 6.04 Å². The van der Waals surface area contributed by atoms with Crippen LogP contribution in [0, 0.1) is 0 Å². The molecule has 1 N–H and O–H groups in total. The van der Waals surface area contributed by atoms with E-state index in [1.54, 1.807) is 4.90 Å². The Morgan fingerprint density at radius 3 is 3.05 bits per heavy atom. The van der Waals surface area contributed by atoms with Crippen molar-refractivity contribution < 1.29 is 4.79 Å². The van der Waals surface area contributed by atoms with Gasteiger partial charge in [-0.15, -0.1) is 0 Å². The molecule has 2 saturated heterocycles. The Labute approximate surface area is 127 Å². The van der Waals surface area contributed by atoms with Crippen LogP contribution in [0.4, 0.5) is 10.5 Å². The van der Waals surface area contributed by atoms with E-state index in [-0.39, 0.29) is 12.1 Å².